The zero-order chi connectivity index (χ0) is 26.8. The Balaban J connectivity index is 1.71. The number of hydrogen-bond acceptors (Lipinski definition) is 4. The lowest BCUT2D eigenvalue weighted by atomic mass is 9.87. The van der Waals surface area contributed by atoms with Crippen molar-refractivity contribution in [3.05, 3.63) is 72.3 Å². The Labute approximate surface area is 228 Å². The molecule has 0 spiro atoms. The van der Waals surface area contributed by atoms with E-state index in [1.807, 2.05) is 12.3 Å². The van der Waals surface area contributed by atoms with E-state index in [1.54, 1.807) is 0 Å². The molecule has 5 rings (SSSR count). The van der Waals surface area contributed by atoms with Gasteiger partial charge in [-0.2, -0.15) is 0 Å². The average molecular weight is 511 g/mol. The van der Waals surface area contributed by atoms with Crippen LogP contribution in [0.15, 0.2) is 82.3 Å². The number of amidine groups is 2. The average Bonchev–Trinajstić information content (AvgIpc) is 3.30. The van der Waals surface area contributed by atoms with Crippen LogP contribution in [0.5, 0.6) is 0 Å². The molecule has 38 heavy (non-hydrogen) atoms. The molecule has 6 heteroatoms. The van der Waals surface area contributed by atoms with E-state index in [0.717, 1.165) is 66.0 Å². The number of imidazole rings is 1. The summed E-state index contributed by atoms with van der Waals surface area (Å²) in [7, 11) is 0. The lowest BCUT2D eigenvalue weighted by Crippen LogP contribution is -2.62. The Morgan fingerprint density at radius 1 is 1.16 bits per heavy atom. The fraction of sp³-hybridized carbons (Fsp3) is 0.469. The van der Waals surface area contributed by atoms with Crippen LogP contribution in [0.4, 0.5) is 0 Å². The van der Waals surface area contributed by atoms with Crippen molar-refractivity contribution in [1.29, 1.82) is 0 Å². The third-order valence-corrected chi connectivity index (χ3v) is 8.16. The van der Waals surface area contributed by atoms with E-state index in [2.05, 4.69) is 92.1 Å². The van der Waals surface area contributed by atoms with Gasteiger partial charge in [0.1, 0.15) is 17.5 Å². The molecule has 1 aromatic carbocycles. The maximum atomic E-state index is 5.57. The Morgan fingerprint density at radius 2 is 1.92 bits per heavy atom. The third kappa shape index (κ3) is 4.65. The van der Waals surface area contributed by atoms with Crippen LogP contribution in [0.1, 0.15) is 79.6 Å². The molecule has 200 valence electrons. The molecular formula is C32H42N6. The summed E-state index contributed by atoms with van der Waals surface area (Å²) in [6.07, 6.45) is 13.7. The van der Waals surface area contributed by atoms with Crippen LogP contribution in [0.3, 0.4) is 0 Å². The molecule has 1 saturated heterocycles. The van der Waals surface area contributed by atoms with Crippen LogP contribution in [-0.4, -0.2) is 49.1 Å². The maximum Gasteiger partial charge on any atom is 0.155 e. The summed E-state index contributed by atoms with van der Waals surface area (Å²) in [5.41, 5.74) is 4.51. The van der Waals surface area contributed by atoms with Crippen LogP contribution in [0.25, 0.3) is 17.2 Å². The van der Waals surface area contributed by atoms with E-state index < -0.39 is 0 Å². The Kier molecular flexibility index (Phi) is 7.68. The predicted molar refractivity (Wildman–Crippen MR) is 159 cm³/mol. The highest BCUT2D eigenvalue weighted by Crippen LogP contribution is 2.39. The molecule has 0 bridgehead atoms. The van der Waals surface area contributed by atoms with Crippen molar-refractivity contribution in [2.75, 3.05) is 0 Å². The van der Waals surface area contributed by atoms with Gasteiger partial charge in [0.2, 0.25) is 0 Å². The molecular weight excluding hydrogens is 468 g/mol. The first-order chi connectivity index (χ1) is 18.5. The molecule has 1 aliphatic carbocycles. The number of allylic oxidation sites excluding steroid dienone is 3. The lowest BCUT2D eigenvalue weighted by molar-refractivity contribution is 0.172. The Morgan fingerprint density at radius 3 is 2.53 bits per heavy atom. The van der Waals surface area contributed by atoms with E-state index in [4.69, 9.17) is 15.0 Å². The summed E-state index contributed by atoms with van der Waals surface area (Å²) in [5, 5.41) is 0. The van der Waals surface area contributed by atoms with Crippen molar-refractivity contribution < 1.29 is 0 Å². The van der Waals surface area contributed by atoms with Crippen LogP contribution >= 0.6 is 0 Å². The monoisotopic (exact) mass is 510 g/mol. The van der Waals surface area contributed by atoms with E-state index in [0.29, 0.717) is 6.04 Å². The van der Waals surface area contributed by atoms with Gasteiger partial charge in [0.25, 0.3) is 0 Å². The molecule has 1 aromatic heterocycles. The number of hydrogen-bond donors (Lipinski definition) is 0. The molecule has 2 atom stereocenters. The van der Waals surface area contributed by atoms with Gasteiger partial charge in [0.15, 0.2) is 5.84 Å². The van der Waals surface area contributed by atoms with Gasteiger partial charge in [-0.1, -0.05) is 63.8 Å². The van der Waals surface area contributed by atoms with Gasteiger partial charge < -0.3 is 4.90 Å². The second kappa shape index (κ2) is 11.1. The van der Waals surface area contributed by atoms with Crippen LogP contribution in [0.2, 0.25) is 0 Å². The van der Waals surface area contributed by atoms with Crippen molar-refractivity contribution in [2.24, 2.45) is 9.98 Å². The summed E-state index contributed by atoms with van der Waals surface area (Å²) < 4.78 is 2.19. The smallest absolute Gasteiger partial charge is 0.155 e. The van der Waals surface area contributed by atoms with E-state index >= 15 is 0 Å². The minimum Gasteiger partial charge on any atom is -0.342 e. The fourth-order valence-corrected chi connectivity index (χ4v) is 5.70. The van der Waals surface area contributed by atoms with Crippen molar-refractivity contribution in [3.63, 3.8) is 0 Å². The van der Waals surface area contributed by atoms with E-state index in [1.165, 1.54) is 24.8 Å². The quantitative estimate of drug-likeness (QED) is 0.369. The first-order valence-electron chi connectivity index (χ1n) is 14.4. The Bertz CT molecular complexity index is 1290. The molecule has 2 aliphatic heterocycles. The molecule has 1 saturated carbocycles. The fourth-order valence-electron chi connectivity index (χ4n) is 5.70. The van der Waals surface area contributed by atoms with Gasteiger partial charge in [0.05, 0.1) is 11.7 Å². The molecule has 2 aromatic rings. The number of fused-ring (bicyclic) bond motifs is 1. The van der Waals surface area contributed by atoms with Crippen LogP contribution < -0.4 is 0 Å². The van der Waals surface area contributed by atoms with E-state index in [9.17, 15) is 0 Å². The highest BCUT2D eigenvalue weighted by Gasteiger charge is 2.44. The standard InChI is InChI=1S/C32H42N6/c1-7-23(6)34-31-27(9-3)38(26-16-13-17-26)32-28(37(31)22(4)5)19-18-24(8-2)30(35-32)36-21-20-33-29(36)25-14-11-10-12-15-25/h10-12,14-15,19-21,23,26-27H,4,7-9,13,16-18H2,1-3,5-6H3. The van der Waals surface area contributed by atoms with Gasteiger partial charge in [-0.05, 0) is 64.4 Å². The SMILES string of the molecule is C=C(C)N1C2=CCC(CC)=C(n3ccnc3-c3ccccc3)N=C2N(C2CCC2)C(CC)C1=NC(C)CC. The van der Waals surface area contributed by atoms with Gasteiger partial charge in [-0.25, -0.2) is 9.98 Å². The first kappa shape index (κ1) is 26.2. The molecule has 2 fully saturated rings. The molecule has 6 nitrogen and oxygen atoms in total. The second-order valence-electron chi connectivity index (χ2n) is 10.7. The molecule has 0 N–H and O–H groups in total. The van der Waals surface area contributed by atoms with E-state index in [-0.39, 0.29) is 12.1 Å². The first-order valence-corrected chi connectivity index (χ1v) is 14.4. The molecule has 0 radical (unpaired) electrons. The summed E-state index contributed by atoms with van der Waals surface area (Å²) in [6.45, 7) is 15.5. The summed E-state index contributed by atoms with van der Waals surface area (Å²) >= 11 is 0. The van der Waals surface area contributed by atoms with Gasteiger partial charge in [-0.3, -0.25) is 14.5 Å². The van der Waals surface area contributed by atoms with Crippen molar-refractivity contribution in [1.82, 2.24) is 19.4 Å². The highest BCUT2D eigenvalue weighted by atomic mass is 15.4. The number of aliphatic imine (C=N–C) groups is 2. The largest absolute Gasteiger partial charge is 0.342 e. The normalized spacial score (nSPS) is 22.0. The summed E-state index contributed by atoms with van der Waals surface area (Å²) in [5.74, 6) is 4.10. The lowest BCUT2D eigenvalue weighted by Gasteiger charge is -2.51. The zero-order valence-electron chi connectivity index (χ0n) is 23.7. The molecule has 0 amide bonds. The number of rotatable bonds is 8. The second-order valence-corrected chi connectivity index (χ2v) is 10.7. The highest BCUT2D eigenvalue weighted by molar-refractivity contribution is 6.11. The number of benzene rings is 1. The van der Waals surface area contributed by atoms with Crippen molar-refractivity contribution in [3.8, 4) is 11.4 Å². The zero-order valence-corrected chi connectivity index (χ0v) is 23.7. The van der Waals surface area contributed by atoms with Crippen LogP contribution in [-0.2, 0) is 0 Å². The third-order valence-electron chi connectivity index (χ3n) is 8.16. The molecule has 3 aliphatic rings. The van der Waals surface area contributed by atoms with Crippen LogP contribution in [0, 0.1) is 0 Å². The number of piperazine rings is 1. The minimum absolute atomic E-state index is 0.169. The Hall–Kier alpha value is -3.41. The van der Waals surface area contributed by atoms with Crippen molar-refractivity contribution in [2.45, 2.75) is 97.7 Å². The van der Waals surface area contributed by atoms with Crippen molar-refractivity contribution >= 4 is 17.5 Å². The molecule has 3 heterocycles. The van der Waals surface area contributed by atoms with Gasteiger partial charge >= 0.3 is 0 Å². The topological polar surface area (TPSA) is 49.0 Å². The van der Waals surface area contributed by atoms with Gasteiger partial charge in [-0.15, -0.1) is 0 Å². The predicted octanol–water partition coefficient (Wildman–Crippen LogP) is 7.49. The number of nitrogens with zero attached hydrogens (tertiary/aromatic N) is 6. The maximum absolute atomic E-state index is 5.57. The summed E-state index contributed by atoms with van der Waals surface area (Å²) in [4.78, 5) is 20.5. The minimum atomic E-state index is 0.169. The van der Waals surface area contributed by atoms with Gasteiger partial charge in [0, 0.05) is 35.7 Å². The number of aromatic nitrogens is 2. The molecule has 2 unspecified atom stereocenters. The summed E-state index contributed by atoms with van der Waals surface area (Å²) in [6, 6.07) is 11.3.